The smallest absolute Gasteiger partial charge is 0.272 e. The molecule has 6 heteroatoms. The number of aliphatic hydroxyl groups excluding tert-OH is 2. The van der Waals surface area contributed by atoms with Crippen molar-refractivity contribution in [2.75, 3.05) is 19.7 Å². The molecular weight excluding hydrogens is 306 g/mol. The van der Waals surface area contributed by atoms with E-state index in [1.807, 2.05) is 30.3 Å². The van der Waals surface area contributed by atoms with Gasteiger partial charge < -0.3 is 19.7 Å². The Hall–Kier alpha value is -2.18. The molecule has 1 aromatic carbocycles. The second kappa shape index (κ2) is 6.75. The molecule has 1 amide bonds. The number of nitrogens with zero attached hydrogens (tertiary/aromatic N) is 3. The summed E-state index contributed by atoms with van der Waals surface area (Å²) < 4.78 is 1.69. The minimum Gasteiger partial charge on any atom is -0.396 e. The first-order valence-corrected chi connectivity index (χ1v) is 8.14. The molecule has 0 saturated carbocycles. The molecule has 0 bridgehead atoms. The van der Waals surface area contributed by atoms with Crippen LogP contribution in [-0.2, 0) is 13.5 Å². The summed E-state index contributed by atoms with van der Waals surface area (Å²) in [5, 5.41) is 20.6. The summed E-state index contributed by atoms with van der Waals surface area (Å²) in [7, 11) is 1.78. The first-order chi connectivity index (χ1) is 11.6. The van der Waals surface area contributed by atoms with E-state index in [0.717, 1.165) is 5.56 Å². The van der Waals surface area contributed by atoms with Gasteiger partial charge in [-0.15, -0.1) is 0 Å². The van der Waals surface area contributed by atoms with Gasteiger partial charge in [-0.25, -0.2) is 4.98 Å². The van der Waals surface area contributed by atoms with Crippen molar-refractivity contribution in [3.63, 3.8) is 0 Å². The second-order valence-electron chi connectivity index (χ2n) is 6.60. The molecule has 128 valence electrons. The normalized spacial score (nSPS) is 24.1. The molecular formula is C18H23N3O3. The molecule has 6 nitrogen and oxygen atoms in total. The van der Waals surface area contributed by atoms with Gasteiger partial charge in [-0.2, -0.15) is 0 Å². The van der Waals surface area contributed by atoms with E-state index in [2.05, 4.69) is 4.98 Å². The standard InChI is InChI=1S/C18H23N3O3/c1-20-13-19-10-15(20)17(24)21-8-7-16(23)18(11-21,12-22)9-14-5-3-2-4-6-14/h2-6,10,13,16,22-23H,7-9,11-12H2,1H3/t16-,18+/m1/s1. The molecule has 1 saturated heterocycles. The fourth-order valence-corrected chi connectivity index (χ4v) is 3.43. The lowest BCUT2D eigenvalue weighted by molar-refractivity contribution is -0.0670. The Bertz CT molecular complexity index is 701. The van der Waals surface area contributed by atoms with E-state index in [0.29, 0.717) is 31.6 Å². The summed E-state index contributed by atoms with van der Waals surface area (Å²) in [5.41, 5.74) is 0.812. The van der Waals surface area contributed by atoms with E-state index in [1.165, 1.54) is 0 Å². The first-order valence-electron chi connectivity index (χ1n) is 8.14. The number of aryl methyl sites for hydroxylation is 1. The highest BCUT2D eigenvalue weighted by molar-refractivity contribution is 5.92. The SMILES string of the molecule is Cn1cncc1C(=O)N1CC[C@@H](O)[C@@](CO)(Cc2ccccc2)C1. The van der Waals surface area contributed by atoms with Gasteiger partial charge in [0.15, 0.2) is 0 Å². The molecule has 1 fully saturated rings. The molecule has 3 rings (SSSR count). The van der Waals surface area contributed by atoms with Gasteiger partial charge >= 0.3 is 0 Å². The zero-order chi connectivity index (χ0) is 17.2. The predicted octanol–water partition coefficient (Wildman–Crippen LogP) is 0.848. The number of carbonyl (C=O) groups excluding carboxylic acids is 1. The lowest BCUT2D eigenvalue weighted by atomic mass is 9.73. The van der Waals surface area contributed by atoms with Gasteiger partial charge in [-0.1, -0.05) is 30.3 Å². The fraction of sp³-hybridized carbons (Fsp3) is 0.444. The Kier molecular flexibility index (Phi) is 4.69. The average Bonchev–Trinajstić information content (AvgIpc) is 3.03. The van der Waals surface area contributed by atoms with Gasteiger partial charge in [0.1, 0.15) is 5.69 Å². The highest BCUT2D eigenvalue weighted by Crippen LogP contribution is 2.34. The fourth-order valence-electron chi connectivity index (χ4n) is 3.43. The van der Waals surface area contributed by atoms with E-state index in [1.54, 1.807) is 29.0 Å². The predicted molar refractivity (Wildman–Crippen MR) is 89.4 cm³/mol. The molecule has 2 heterocycles. The van der Waals surface area contributed by atoms with Crippen molar-refractivity contribution in [3.8, 4) is 0 Å². The molecule has 0 aliphatic carbocycles. The number of hydrogen-bond donors (Lipinski definition) is 2. The van der Waals surface area contributed by atoms with Crippen molar-refractivity contribution in [1.29, 1.82) is 0 Å². The van der Waals surface area contributed by atoms with Crippen molar-refractivity contribution in [3.05, 3.63) is 54.1 Å². The van der Waals surface area contributed by atoms with Gasteiger partial charge in [0.05, 0.1) is 25.2 Å². The van der Waals surface area contributed by atoms with Crippen LogP contribution in [0.1, 0.15) is 22.5 Å². The quantitative estimate of drug-likeness (QED) is 0.872. The van der Waals surface area contributed by atoms with Crippen LogP contribution in [0.15, 0.2) is 42.9 Å². The zero-order valence-electron chi connectivity index (χ0n) is 13.8. The number of piperidine rings is 1. The Morgan fingerprint density at radius 1 is 1.38 bits per heavy atom. The number of benzene rings is 1. The van der Waals surface area contributed by atoms with Gasteiger partial charge in [-0.05, 0) is 18.4 Å². The summed E-state index contributed by atoms with van der Waals surface area (Å²) in [6, 6.07) is 9.77. The number of aromatic nitrogens is 2. The summed E-state index contributed by atoms with van der Waals surface area (Å²) in [5.74, 6) is -0.118. The molecule has 1 aliphatic rings. The maximum absolute atomic E-state index is 12.7. The van der Waals surface area contributed by atoms with Gasteiger partial charge in [0, 0.05) is 25.6 Å². The van der Waals surface area contributed by atoms with Crippen molar-refractivity contribution in [1.82, 2.24) is 14.5 Å². The molecule has 2 atom stereocenters. The average molecular weight is 329 g/mol. The second-order valence-corrected chi connectivity index (χ2v) is 6.60. The van der Waals surface area contributed by atoms with E-state index in [-0.39, 0.29) is 12.5 Å². The number of likely N-dealkylation sites (tertiary alicyclic amines) is 1. The van der Waals surface area contributed by atoms with Crippen LogP contribution in [-0.4, -0.2) is 56.4 Å². The van der Waals surface area contributed by atoms with Crippen molar-refractivity contribution >= 4 is 5.91 Å². The molecule has 2 N–H and O–H groups in total. The number of amides is 1. The summed E-state index contributed by atoms with van der Waals surface area (Å²) >= 11 is 0. The van der Waals surface area contributed by atoms with Crippen molar-refractivity contribution in [2.45, 2.75) is 18.9 Å². The van der Waals surface area contributed by atoms with Crippen molar-refractivity contribution < 1.29 is 15.0 Å². The van der Waals surface area contributed by atoms with Gasteiger partial charge in [-0.3, -0.25) is 4.79 Å². The number of hydrogen-bond acceptors (Lipinski definition) is 4. The minimum absolute atomic E-state index is 0.118. The molecule has 2 aromatic rings. The van der Waals surface area contributed by atoms with E-state index in [4.69, 9.17) is 0 Å². The third-order valence-corrected chi connectivity index (χ3v) is 4.92. The molecule has 24 heavy (non-hydrogen) atoms. The van der Waals surface area contributed by atoms with Crippen LogP contribution >= 0.6 is 0 Å². The molecule has 0 radical (unpaired) electrons. The molecule has 0 spiro atoms. The van der Waals surface area contributed by atoms with Gasteiger partial charge in [0.2, 0.25) is 0 Å². The largest absolute Gasteiger partial charge is 0.396 e. The summed E-state index contributed by atoms with van der Waals surface area (Å²) in [4.78, 5) is 18.5. The molecule has 1 aliphatic heterocycles. The zero-order valence-corrected chi connectivity index (χ0v) is 13.8. The van der Waals surface area contributed by atoms with Crippen LogP contribution in [0, 0.1) is 5.41 Å². The van der Waals surface area contributed by atoms with Crippen LogP contribution in [0.2, 0.25) is 0 Å². The Labute approximate surface area is 141 Å². The van der Waals surface area contributed by atoms with E-state index in [9.17, 15) is 15.0 Å². The minimum atomic E-state index is -0.742. The number of aliphatic hydroxyl groups is 2. The number of carbonyl (C=O) groups is 1. The van der Waals surface area contributed by atoms with Crippen LogP contribution in [0.3, 0.4) is 0 Å². The first kappa shape index (κ1) is 16.7. The highest BCUT2D eigenvalue weighted by atomic mass is 16.3. The van der Waals surface area contributed by atoms with Crippen LogP contribution in [0.25, 0.3) is 0 Å². The van der Waals surface area contributed by atoms with Gasteiger partial charge in [0.25, 0.3) is 5.91 Å². The van der Waals surface area contributed by atoms with Crippen LogP contribution in [0.5, 0.6) is 0 Å². The van der Waals surface area contributed by atoms with Crippen LogP contribution in [0.4, 0.5) is 0 Å². The van der Waals surface area contributed by atoms with Crippen LogP contribution < -0.4 is 0 Å². The lowest BCUT2D eigenvalue weighted by Gasteiger charge is -2.45. The topological polar surface area (TPSA) is 78.6 Å². The third-order valence-electron chi connectivity index (χ3n) is 4.92. The Morgan fingerprint density at radius 2 is 2.12 bits per heavy atom. The Morgan fingerprint density at radius 3 is 2.75 bits per heavy atom. The maximum atomic E-state index is 12.7. The monoisotopic (exact) mass is 329 g/mol. The summed E-state index contributed by atoms with van der Waals surface area (Å²) in [6.45, 7) is 0.628. The van der Waals surface area contributed by atoms with E-state index < -0.39 is 11.5 Å². The number of imidazole rings is 1. The third kappa shape index (κ3) is 3.07. The maximum Gasteiger partial charge on any atom is 0.272 e. The Balaban J connectivity index is 1.83. The lowest BCUT2D eigenvalue weighted by Crippen LogP contribution is -2.56. The van der Waals surface area contributed by atoms with E-state index >= 15 is 0 Å². The summed E-state index contributed by atoms with van der Waals surface area (Å²) in [6.07, 6.45) is 3.48. The number of rotatable bonds is 4. The molecule has 0 unspecified atom stereocenters. The highest BCUT2D eigenvalue weighted by Gasteiger charge is 2.44. The van der Waals surface area contributed by atoms with Crippen molar-refractivity contribution in [2.24, 2.45) is 12.5 Å². The molecule has 1 aromatic heterocycles.